The van der Waals surface area contributed by atoms with Gasteiger partial charge in [-0.1, -0.05) is 12.1 Å². The number of halogens is 2. The number of aromatic nitrogens is 1. The lowest BCUT2D eigenvalue weighted by atomic mass is 10.1. The van der Waals surface area contributed by atoms with E-state index in [-0.39, 0.29) is 6.04 Å². The Kier molecular flexibility index (Phi) is 6.26. The molecule has 3 aromatic rings. The largest absolute Gasteiger partial charge is 0.493 e. The van der Waals surface area contributed by atoms with E-state index in [1.807, 2.05) is 42.5 Å². The molecular weight excluding hydrogens is 382 g/mol. The van der Waals surface area contributed by atoms with Gasteiger partial charge in [0.15, 0.2) is 23.1 Å². The molecule has 2 aromatic carbocycles. The highest BCUT2D eigenvalue weighted by Gasteiger charge is 2.18. The van der Waals surface area contributed by atoms with Crippen molar-refractivity contribution in [1.82, 2.24) is 9.88 Å². The SMILES string of the molecule is COc1cccc(-c2nc(CN(C)[C@@H](C)c3ccc(F)c(F)c3)cs2)c1OC. The summed E-state index contributed by atoms with van der Waals surface area (Å²) in [5.41, 5.74) is 2.47. The summed E-state index contributed by atoms with van der Waals surface area (Å²) in [6.45, 7) is 2.52. The zero-order valence-corrected chi connectivity index (χ0v) is 17.0. The summed E-state index contributed by atoms with van der Waals surface area (Å²) in [6, 6.07) is 9.59. The van der Waals surface area contributed by atoms with Crippen LogP contribution in [-0.4, -0.2) is 31.2 Å². The summed E-state index contributed by atoms with van der Waals surface area (Å²) in [4.78, 5) is 6.76. The number of para-hydroxylation sites is 1. The smallest absolute Gasteiger partial charge is 0.170 e. The van der Waals surface area contributed by atoms with Crippen LogP contribution in [0, 0.1) is 11.6 Å². The highest BCUT2D eigenvalue weighted by molar-refractivity contribution is 7.13. The minimum absolute atomic E-state index is 0.0911. The maximum atomic E-state index is 13.5. The van der Waals surface area contributed by atoms with Gasteiger partial charge in [-0.3, -0.25) is 4.90 Å². The van der Waals surface area contributed by atoms with Crippen molar-refractivity contribution in [1.29, 1.82) is 0 Å². The van der Waals surface area contributed by atoms with E-state index in [0.29, 0.717) is 23.6 Å². The second kappa shape index (κ2) is 8.67. The van der Waals surface area contributed by atoms with Crippen molar-refractivity contribution in [3.63, 3.8) is 0 Å². The van der Waals surface area contributed by atoms with E-state index in [4.69, 9.17) is 14.5 Å². The van der Waals surface area contributed by atoms with Gasteiger partial charge in [-0.05, 0) is 43.8 Å². The summed E-state index contributed by atoms with van der Waals surface area (Å²) < 4.78 is 37.6. The standard InChI is InChI=1S/C21H22F2N2O2S/c1-13(14-8-9-17(22)18(23)10-14)25(2)11-15-12-28-21(24-15)16-6-5-7-19(26-3)20(16)27-4/h5-10,12-13H,11H2,1-4H3/t13-/m0/s1. The van der Waals surface area contributed by atoms with Crippen molar-refractivity contribution < 1.29 is 18.3 Å². The molecule has 1 aromatic heterocycles. The van der Waals surface area contributed by atoms with E-state index in [2.05, 4.69) is 0 Å². The average molecular weight is 404 g/mol. The molecule has 0 radical (unpaired) electrons. The Bertz CT molecular complexity index is 961. The lowest BCUT2D eigenvalue weighted by Crippen LogP contribution is -2.22. The van der Waals surface area contributed by atoms with E-state index in [9.17, 15) is 8.78 Å². The monoisotopic (exact) mass is 404 g/mol. The Morgan fingerprint density at radius 1 is 1.11 bits per heavy atom. The number of ether oxygens (including phenoxy) is 2. The number of rotatable bonds is 7. The van der Waals surface area contributed by atoms with Crippen molar-refractivity contribution in [2.75, 3.05) is 21.3 Å². The third-order valence-corrected chi connectivity index (χ3v) is 5.61. The Labute approximate surface area is 167 Å². The average Bonchev–Trinajstić information content (AvgIpc) is 3.16. The summed E-state index contributed by atoms with van der Waals surface area (Å²) in [6.07, 6.45) is 0. The van der Waals surface area contributed by atoms with Gasteiger partial charge in [-0.2, -0.15) is 0 Å². The van der Waals surface area contributed by atoms with Gasteiger partial charge in [0.2, 0.25) is 0 Å². The summed E-state index contributed by atoms with van der Waals surface area (Å²) >= 11 is 1.52. The quantitative estimate of drug-likeness (QED) is 0.535. The van der Waals surface area contributed by atoms with Crippen LogP contribution in [0.5, 0.6) is 11.5 Å². The molecule has 28 heavy (non-hydrogen) atoms. The predicted octanol–water partition coefficient (Wildman–Crippen LogP) is 5.30. The zero-order valence-electron chi connectivity index (χ0n) is 16.2. The molecule has 3 rings (SSSR count). The first-order chi connectivity index (χ1) is 13.4. The zero-order chi connectivity index (χ0) is 20.3. The van der Waals surface area contributed by atoms with Crippen LogP contribution >= 0.6 is 11.3 Å². The fraction of sp³-hybridized carbons (Fsp3) is 0.286. The molecular formula is C21H22F2N2O2S. The minimum atomic E-state index is -0.838. The third-order valence-electron chi connectivity index (χ3n) is 4.68. The first-order valence-electron chi connectivity index (χ1n) is 8.75. The van der Waals surface area contributed by atoms with Crippen LogP contribution in [0.15, 0.2) is 41.8 Å². The minimum Gasteiger partial charge on any atom is -0.493 e. The molecule has 4 nitrogen and oxygen atoms in total. The molecule has 0 amide bonds. The number of nitrogens with zero attached hydrogens (tertiary/aromatic N) is 2. The van der Waals surface area contributed by atoms with Gasteiger partial charge in [-0.25, -0.2) is 13.8 Å². The molecule has 0 unspecified atom stereocenters. The Morgan fingerprint density at radius 3 is 2.57 bits per heavy atom. The number of methoxy groups -OCH3 is 2. The second-order valence-corrected chi connectivity index (χ2v) is 7.31. The van der Waals surface area contributed by atoms with Crippen molar-refractivity contribution in [3.05, 3.63) is 64.7 Å². The molecule has 0 aliphatic carbocycles. The molecule has 1 heterocycles. The first kappa shape index (κ1) is 20.2. The molecule has 0 aliphatic heterocycles. The van der Waals surface area contributed by atoms with Crippen LogP contribution < -0.4 is 9.47 Å². The van der Waals surface area contributed by atoms with Crippen LogP contribution in [-0.2, 0) is 6.54 Å². The van der Waals surface area contributed by atoms with Crippen molar-refractivity contribution in [2.45, 2.75) is 19.5 Å². The number of benzene rings is 2. The Hall–Kier alpha value is -2.51. The third kappa shape index (κ3) is 4.15. The summed E-state index contributed by atoms with van der Waals surface area (Å²) in [5.74, 6) is -0.371. The predicted molar refractivity (Wildman–Crippen MR) is 107 cm³/mol. The van der Waals surface area contributed by atoms with E-state index in [1.54, 1.807) is 20.3 Å². The maximum absolute atomic E-state index is 13.5. The van der Waals surface area contributed by atoms with Crippen molar-refractivity contribution >= 4 is 11.3 Å². The lowest BCUT2D eigenvalue weighted by molar-refractivity contribution is 0.250. The topological polar surface area (TPSA) is 34.6 Å². The van der Waals surface area contributed by atoms with Crippen LogP contribution in [0.3, 0.4) is 0 Å². The molecule has 0 spiro atoms. The van der Waals surface area contributed by atoms with Gasteiger partial charge in [0, 0.05) is 18.0 Å². The summed E-state index contributed by atoms with van der Waals surface area (Å²) in [7, 11) is 5.13. The molecule has 0 bridgehead atoms. The molecule has 0 fully saturated rings. The highest BCUT2D eigenvalue weighted by atomic mass is 32.1. The van der Waals surface area contributed by atoms with E-state index in [0.717, 1.165) is 22.3 Å². The fourth-order valence-corrected chi connectivity index (χ4v) is 3.81. The van der Waals surface area contributed by atoms with Gasteiger partial charge < -0.3 is 9.47 Å². The molecule has 0 aliphatic rings. The van der Waals surface area contributed by atoms with E-state index in [1.165, 1.54) is 17.4 Å². The van der Waals surface area contributed by atoms with Crippen molar-refractivity contribution in [2.24, 2.45) is 0 Å². The first-order valence-corrected chi connectivity index (χ1v) is 9.63. The molecule has 0 N–H and O–H groups in total. The van der Waals surface area contributed by atoms with Gasteiger partial charge in [0.1, 0.15) is 5.01 Å². The fourth-order valence-electron chi connectivity index (χ4n) is 2.98. The van der Waals surface area contributed by atoms with Gasteiger partial charge in [0.25, 0.3) is 0 Å². The lowest BCUT2D eigenvalue weighted by Gasteiger charge is -2.24. The van der Waals surface area contributed by atoms with Crippen LogP contribution in [0.1, 0.15) is 24.2 Å². The number of hydrogen-bond acceptors (Lipinski definition) is 5. The molecule has 0 saturated carbocycles. The van der Waals surface area contributed by atoms with Crippen LogP contribution in [0.2, 0.25) is 0 Å². The maximum Gasteiger partial charge on any atom is 0.170 e. The van der Waals surface area contributed by atoms with Gasteiger partial charge in [0.05, 0.1) is 25.5 Å². The molecule has 0 saturated heterocycles. The number of hydrogen-bond donors (Lipinski definition) is 0. The normalized spacial score (nSPS) is 12.2. The number of thiazole rings is 1. The van der Waals surface area contributed by atoms with Gasteiger partial charge >= 0.3 is 0 Å². The van der Waals surface area contributed by atoms with Gasteiger partial charge in [-0.15, -0.1) is 11.3 Å². The summed E-state index contributed by atoms with van der Waals surface area (Å²) in [5, 5.41) is 2.82. The van der Waals surface area contributed by atoms with E-state index >= 15 is 0 Å². The van der Waals surface area contributed by atoms with Crippen molar-refractivity contribution in [3.8, 4) is 22.1 Å². The van der Waals surface area contributed by atoms with E-state index < -0.39 is 11.6 Å². The molecule has 148 valence electrons. The Balaban J connectivity index is 1.78. The van der Waals surface area contributed by atoms with Crippen LogP contribution in [0.4, 0.5) is 8.78 Å². The Morgan fingerprint density at radius 2 is 1.89 bits per heavy atom. The van der Waals surface area contributed by atoms with Crippen LogP contribution in [0.25, 0.3) is 10.6 Å². The second-order valence-electron chi connectivity index (χ2n) is 6.45. The molecule has 1 atom stereocenters. The molecule has 7 heteroatoms. The highest BCUT2D eigenvalue weighted by Crippen LogP contribution is 2.39.